The molecule has 0 bridgehead atoms. The largest absolute Gasteiger partial charge is 0.455 e. The molecule has 7 heteroatoms. The molecule has 61 valence electrons. The van der Waals surface area contributed by atoms with Gasteiger partial charge in [-0.05, 0) is 0 Å². The number of aliphatic hydroxyl groups is 1. The zero-order valence-electron chi connectivity index (χ0n) is 4.22. The average Bonchev–Trinajstić information content (AvgIpc) is 1.62. The van der Waals surface area contributed by atoms with Gasteiger partial charge in [-0.25, -0.2) is 0 Å². The van der Waals surface area contributed by atoms with Crippen LogP contribution >= 0.6 is 0 Å². The molecule has 1 radical (unpaired) electrons. The van der Waals surface area contributed by atoms with E-state index in [1.165, 1.54) is 0 Å². The third-order valence-electron chi connectivity index (χ3n) is 0.626. The van der Waals surface area contributed by atoms with E-state index >= 15 is 0 Å². The molecule has 1 atom stereocenters. The number of hydrogen-bond donors (Lipinski definition) is 1. The van der Waals surface area contributed by atoms with Gasteiger partial charge in [-0.1, -0.05) is 0 Å². The lowest BCUT2D eigenvalue weighted by atomic mass is 10.3. The molecule has 0 fully saturated rings. The van der Waals surface area contributed by atoms with E-state index in [2.05, 4.69) is 0 Å². The van der Waals surface area contributed by atoms with Crippen molar-refractivity contribution in [1.29, 1.82) is 0 Å². The van der Waals surface area contributed by atoms with E-state index in [1.54, 1.807) is 0 Å². The highest BCUT2D eigenvalue weighted by Crippen LogP contribution is 2.39. The van der Waals surface area contributed by atoms with E-state index in [0.29, 0.717) is 0 Å². The molecule has 0 rings (SSSR count). The number of rotatable bonds is 1. The Kier molecular flexibility index (Phi) is 2.19. The summed E-state index contributed by atoms with van der Waals surface area (Å²) in [6.45, 7) is 0. The quantitative estimate of drug-likeness (QED) is 0.588. The minimum atomic E-state index is -5.98. The van der Waals surface area contributed by atoms with Crippen molar-refractivity contribution in [3.63, 3.8) is 0 Å². The standard InChI is InChI=1S/C3HF6O/c4-1(5)2(6,10)3(7,8)9/h10H. The predicted molar refractivity (Wildman–Crippen MR) is 17.6 cm³/mol. The zero-order valence-corrected chi connectivity index (χ0v) is 4.22. The van der Waals surface area contributed by atoms with Crippen molar-refractivity contribution in [1.82, 2.24) is 0 Å². The molecule has 1 unspecified atom stereocenters. The number of halogens is 6. The van der Waals surface area contributed by atoms with Crippen LogP contribution in [0, 0.1) is 6.43 Å². The number of hydrogen-bond acceptors (Lipinski definition) is 1. The van der Waals surface area contributed by atoms with Crippen molar-refractivity contribution >= 4 is 0 Å². The monoisotopic (exact) mass is 167 g/mol. The maximum absolute atomic E-state index is 11.4. The summed E-state index contributed by atoms with van der Waals surface area (Å²) in [6.07, 6.45) is -9.70. The van der Waals surface area contributed by atoms with Crippen LogP contribution in [-0.4, -0.2) is 17.1 Å². The van der Waals surface area contributed by atoms with Gasteiger partial charge in [0.15, 0.2) is 0 Å². The van der Waals surface area contributed by atoms with Gasteiger partial charge in [0.2, 0.25) is 0 Å². The highest BCUT2D eigenvalue weighted by Gasteiger charge is 2.63. The van der Waals surface area contributed by atoms with Gasteiger partial charge in [-0.3, -0.25) is 0 Å². The van der Waals surface area contributed by atoms with Gasteiger partial charge >= 0.3 is 18.5 Å². The average molecular weight is 167 g/mol. The van der Waals surface area contributed by atoms with Crippen molar-refractivity contribution < 1.29 is 31.4 Å². The third-order valence-corrected chi connectivity index (χ3v) is 0.626. The molecule has 1 nitrogen and oxygen atoms in total. The molecular weight excluding hydrogens is 166 g/mol. The molecule has 0 aromatic heterocycles. The minimum Gasteiger partial charge on any atom is -0.350 e. The van der Waals surface area contributed by atoms with Crippen LogP contribution in [0.3, 0.4) is 0 Å². The molecule has 0 aliphatic rings. The first-order valence-corrected chi connectivity index (χ1v) is 1.86. The summed E-state index contributed by atoms with van der Waals surface area (Å²) >= 11 is 0. The summed E-state index contributed by atoms with van der Waals surface area (Å²) in [5.41, 5.74) is 0. The topological polar surface area (TPSA) is 20.2 Å². The molecule has 0 aromatic carbocycles. The van der Waals surface area contributed by atoms with E-state index in [4.69, 9.17) is 5.11 Å². The van der Waals surface area contributed by atoms with Crippen molar-refractivity contribution in [3.05, 3.63) is 6.43 Å². The van der Waals surface area contributed by atoms with Gasteiger partial charge in [0.25, 0.3) is 0 Å². The first-order chi connectivity index (χ1) is 4.19. The Labute approximate surface area is 51.3 Å². The number of alkyl halides is 4. The summed E-state index contributed by atoms with van der Waals surface area (Å²) in [4.78, 5) is 0. The Morgan fingerprint density at radius 1 is 1.00 bits per heavy atom. The lowest BCUT2D eigenvalue weighted by Gasteiger charge is -2.18. The van der Waals surface area contributed by atoms with E-state index in [0.717, 1.165) is 0 Å². The Balaban J connectivity index is 4.40. The molecule has 10 heavy (non-hydrogen) atoms. The van der Waals surface area contributed by atoms with Gasteiger partial charge in [-0.15, -0.1) is 0 Å². The zero-order chi connectivity index (χ0) is 8.58. The van der Waals surface area contributed by atoms with Crippen LogP contribution in [0.5, 0.6) is 0 Å². The molecular formula is C3HF6O. The first kappa shape index (κ1) is 9.54. The second kappa shape index (κ2) is 2.30. The van der Waals surface area contributed by atoms with Crippen molar-refractivity contribution in [3.8, 4) is 0 Å². The summed E-state index contributed by atoms with van der Waals surface area (Å²) in [7, 11) is 0. The van der Waals surface area contributed by atoms with Crippen LogP contribution in [0.2, 0.25) is 0 Å². The Morgan fingerprint density at radius 3 is 1.30 bits per heavy atom. The van der Waals surface area contributed by atoms with Crippen molar-refractivity contribution in [2.45, 2.75) is 12.0 Å². The van der Waals surface area contributed by atoms with Gasteiger partial charge in [0.05, 0.1) is 0 Å². The summed E-state index contributed by atoms with van der Waals surface area (Å²) in [6, 6.07) is 0. The van der Waals surface area contributed by atoms with E-state index in [-0.39, 0.29) is 0 Å². The second-order valence-electron chi connectivity index (χ2n) is 1.38. The summed E-state index contributed by atoms with van der Waals surface area (Å²) in [5.74, 6) is -5.48. The van der Waals surface area contributed by atoms with E-state index in [1.807, 2.05) is 0 Å². The van der Waals surface area contributed by atoms with Crippen LogP contribution in [0.4, 0.5) is 26.3 Å². The second-order valence-corrected chi connectivity index (χ2v) is 1.38. The van der Waals surface area contributed by atoms with Gasteiger partial charge in [-0.2, -0.15) is 26.3 Å². The highest BCUT2D eigenvalue weighted by molar-refractivity contribution is 4.89. The van der Waals surface area contributed by atoms with Crippen LogP contribution < -0.4 is 0 Å². The predicted octanol–water partition coefficient (Wildman–Crippen LogP) is 1.64. The van der Waals surface area contributed by atoms with Gasteiger partial charge in [0.1, 0.15) is 0 Å². The highest BCUT2D eigenvalue weighted by atomic mass is 19.4. The molecule has 1 N–H and O–H groups in total. The fourth-order valence-electron chi connectivity index (χ4n) is 0.107. The Hall–Kier alpha value is -0.460. The van der Waals surface area contributed by atoms with Gasteiger partial charge in [0, 0.05) is 0 Å². The maximum Gasteiger partial charge on any atom is 0.455 e. The molecule has 0 spiro atoms. The molecule has 0 aromatic rings. The normalized spacial score (nSPS) is 19.2. The van der Waals surface area contributed by atoms with Crippen LogP contribution in [0.25, 0.3) is 0 Å². The SMILES string of the molecule is OC(F)([C](F)F)C(F)(F)F. The fraction of sp³-hybridized carbons (Fsp3) is 0.667. The van der Waals surface area contributed by atoms with Crippen LogP contribution in [0.15, 0.2) is 0 Å². The van der Waals surface area contributed by atoms with Crippen molar-refractivity contribution in [2.75, 3.05) is 0 Å². The first-order valence-electron chi connectivity index (χ1n) is 1.86. The van der Waals surface area contributed by atoms with Gasteiger partial charge < -0.3 is 5.11 Å². The molecule has 0 saturated heterocycles. The fourth-order valence-corrected chi connectivity index (χ4v) is 0.107. The third kappa shape index (κ3) is 1.53. The molecule has 0 amide bonds. The molecule has 0 heterocycles. The van der Waals surface area contributed by atoms with Crippen LogP contribution in [-0.2, 0) is 0 Å². The van der Waals surface area contributed by atoms with E-state index < -0.39 is 18.5 Å². The van der Waals surface area contributed by atoms with E-state index in [9.17, 15) is 26.3 Å². The molecule has 0 aliphatic heterocycles. The molecule has 0 saturated carbocycles. The minimum absolute atomic E-state index is 3.72. The Bertz CT molecular complexity index is 115. The maximum atomic E-state index is 11.4. The van der Waals surface area contributed by atoms with Crippen molar-refractivity contribution in [2.24, 2.45) is 0 Å². The van der Waals surface area contributed by atoms with Crippen LogP contribution in [0.1, 0.15) is 0 Å². The lowest BCUT2D eigenvalue weighted by molar-refractivity contribution is -0.326. The summed E-state index contributed by atoms with van der Waals surface area (Å²) in [5, 5.41) is 7.35. The lowest BCUT2D eigenvalue weighted by Crippen LogP contribution is -2.43. The summed E-state index contributed by atoms with van der Waals surface area (Å²) < 4.78 is 66.0. The smallest absolute Gasteiger partial charge is 0.350 e. The Morgan fingerprint density at radius 2 is 1.30 bits per heavy atom. The molecule has 0 aliphatic carbocycles.